The fourth-order valence-electron chi connectivity index (χ4n) is 5.43. The van der Waals surface area contributed by atoms with Gasteiger partial charge in [0, 0.05) is 24.8 Å². The van der Waals surface area contributed by atoms with E-state index in [0.29, 0.717) is 75.2 Å². The van der Waals surface area contributed by atoms with E-state index in [1.807, 2.05) is 35.2 Å². The molecule has 1 N–H and O–H groups in total. The number of hydrogen-bond acceptors (Lipinski definition) is 9. The average Bonchev–Trinajstić information content (AvgIpc) is 3.34. The topological polar surface area (TPSA) is 128 Å². The molecule has 0 saturated carbocycles. The number of nitro benzene ring substituents is 1. The third-order valence-corrected chi connectivity index (χ3v) is 8.56. The number of thiazole rings is 1. The first kappa shape index (κ1) is 29.0. The molecule has 44 heavy (non-hydrogen) atoms. The Balaban J connectivity index is 1.45. The van der Waals surface area contributed by atoms with Gasteiger partial charge in [-0.1, -0.05) is 47.7 Å². The summed E-state index contributed by atoms with van der Waals surface area (Å²) in [7, 11) is 1.57. The molecule has 1 fully saturated rings. The molecule has 224 valence electrons. The van der Waals surface area contributed by atoms with E-state index in [1.165, 1.54) is 22.0 Å². The fourth-order valence-corrected chi connectivity index (χ4v) is 6.48. The normalized spacial score (nSPS) is 16.7. The molecule has 0 spiro atoms. The fraction of sp³-hybridized carbons (Fsp3) is 0.219. The molecule has 12 heteroatoms. The molecule has 4 aromatic rings. The lowest BCUT2D eigenvalue weighted by Gasteiger charge is -2.28. The predicted molar refractivity (Wildman–Crippen MR) is 168 cm³/mol. The summed E-state index contributed by atoms with van der Waals surface area (Å²) >= 11 is 1.17. The number of hydrogen-bond donors (Lipinski definition) is 1. The zero-order valence-corrected chi connectivity index (χ0v) is 24.9. The Bertz CT molecular complexity index is 1940. The van der Waals surface area contributed by atoms with Gasteiger partial charge >= 0.3 is 0 Å². The summed E-state index contributed by atoms with van der Waals surface area (Å²) in [6, 6.07) is 20.5. The van der Waals surface area contributed by atoms with Gasteiger partial charge in [-0.2, -0.15) is 0 Å². The lowest BCUT2D eigenvalue weighted by Crippen LogP contribution is -2.40. The Kier molecular flexibility index (Phi) is 8.09. The number of morpholine rings is 1. The molecular weight excluding hydrogens is 582 g/mol. The third-order valence-electron chi connectivity index (χ3n) is 7.58. The number of nitrogens with one attached hydrogen (secondary N) is 1. The number of carbonyl (C=O) groups is 1. The Hall–Kier alpha value is -5.07. The van der Waals surface area contributed by atoms with Crippen LogP contribution in [0.1, 0.15) is 24.1 Å². The molecular formula is C32H29N5O6S. The summed E-state index contributed by atoms with van der Waals surface area (Å²) in [4.78, 5) is 46.4. The lowest BCUT2D eigenvalue weighted by atomic mass is 9.95. The van der Waals surface area contributed by atoms with Crippen LogP contribution >= 0.6 is 11.3 Å². The number of rotatable bonds is 7. The van der Waals surface area contributed by atoms with Crippen LogP contribution in [-0.4, -0.2) is 48.8 Å². The molecule has 1 aromatic heterocycles. The predicted octanol–water partition coefficient (Wildman–Crippen LogP) is 3.63. The first-order valence-electron chi connectivity index (χ1n) is 14.0. The maximum atomic E-state index is 14.0. The average molecular weight is 612 g/mol. The second-order valence-corrected chi connectivity index (χ2v) is 11.3. The van der Waals surface area contributed by atoms with Crippen molar-refractivity contribution in [3.05, 3.63) is 125 Å². The smallest absolute Gasteiger partial charge is 0.293 e. The maximum absolute atomic E-state index is 14.0. The molecule has 2 aliphatic heterocycles. The summed E-state index contributed by atoms with van der Waals surface area (Å²) in [6.45, 7) is 3.87. The minimum Gasteiger partial charge on any atom is -0.497 e. The minimum absolute atomic E-state index is 0.0414. The van der Waals surface area contributed by atoms with E-state index in [9.17, 15) is 19.7 Å². The number of anilines is 2. The summed E-state index contributed by atoms with van der Waals surface area (Å²) in [5.74, 6) is 0.265. The second kappa shape index (κ2) is 12.3. The molecule has 0 unspecified atom stereocenters. The van der Waals surface area contributed by atoms with Crippen LogP contribution in [0.2, 0.25) is 0 Å². The summed E-state index contributed by atoms with van der Waals surface area (Å²) < 4.78 is 12.6. The molecule has 3 aromatic carbocycles. The number of carbonyl (C=O) groups excluding carboxylic acids is 1. The molecule has 0 bridgehead atoms. The van der Waals surface area contributed by atoms with Gasteiger partial charge in [-0.25, -0.2) is 4.99 Å². The zero-order valence-electron chi connectivity index (χ0n) is 24.1. The standard InChI is InChI=1S/C32H29N5O6S/c1-20-28(30(38)34-23-6-4-3-5-7-23)29(22-9-11-24(42-2)12-10-22)36-31(39)27(44-32(36)33-20)19-21-8-13-25(26(18-21)37(40)41)35-14-16-43-17-15-35/h3-13,18-19,29H,14-17H2,1-2H3,(H,34,38)/b27-19-/t29-/m1/s1. The number of ether oxygens (including phenoxy) is 2. The van der Waals surface area contributed by atoms with Gasteiger partial charge in [0.1, 0.15) is 11.4 Å². The van der Waals surface area contributed by atoms with Crippen molar-refractivity contribution in [2.24, 2.45) is 4.99 Å². The number of benzene rings is 3. The van der Waals surface area contributed by atoms with Crippen molar-refractivity contribution in [2.45, 2.75) is 13.0 Å². The molecule has 2 aliphatic rings. The lowest BCUT2D eigenvalue weighted by molar-refractivity contribution is -0.384. The van der Waals surface area contributed by atoms with Crippen LogP contribution in [0.25, 0.3) is 6.08 Å². The number of nitro groups is 1. The van der Waals surface area contributed by atoms with Gasteiger partial charge in [-0.15, -0.1) is 0 Å². The van der Waals surface area contributed by atoms with Crippen LogP contribution in [0, 0.1) is 10.1 Å². The monoisotopic (exact) mass is 611 g/mol. The van der Waals surface area contributed by atoms with Gasteiger partial charge in [0.15, 0.2) is 4.80 Å². The Morgan fingerprint density at radius 1 is 1.11 bits per heavy atom. The number of para-hydroxylation sites is 1. The highest BCUT2D eigenvalue weighted by atomic mass is 32.1. The van der Waals surface area contributed by atoms with Crippen molar-refractivity contribution in [3.8, 4) is 5.75 Å². The summed E-state index contributed by atoms with van der Waals surface area (Å²) in [5, 5.41) is 14.9. The minimum atomic E-state index is -0.763. The van der Waals surface area contributed by atoms with Crippen LogP contribution in [0.4, 0.5) is 17.1 Å². The van der Waals surface area contributed by atoms with Gasteiger partial charge in [0.05, 0.1) is 47.1 Å². The number of amides is 1. The van der Waals surface area contributed by atoms with E-state index in [0.717, 1.165) is 0 Å². The molecule has 3 heterocycles. The molecule has 1 atom stereocenters. The van der Waals surface area contributed by atoms with E-state index in [2.05, 4.69) is 10.3 Å². The van der Waals surface area contributed by atoms with Crippen LogP contribution in [-0.2, 0) is 9.53 Å². The van der Waals surface area contributed by atoms with E-state index < -0.39 is 11.0 Å². The van der Waals surface area contributed by atoms with Gasteiger partial charge in [-0.3, -0.25) is 24.3 Å². The van der Waals surface area contributed by atoms with Gasteiger partial charge < -0.3 is 19.7 Å². The highest BCUT2D eigenvalue weighted by molar-refractivity contribution is 7.07. The van der Waals surface area contributed by atoms with E-state index >= 15 is 0 Å². The zero-order chi connectivity index (χ0) is 30.8. The summed E-state index contributed by atoms with van der Waals surface area (Å²) in [5.41, 5.74) is 2.77. The van der Waals surface area contributed by atoms with Crippen molar-refractivity contribution in [1.82, 2.24) is 4.57 Å². The number of aromatic nitrogens is 1. The largest absolute Gasteiger partial charge is 0.497 e. The Morgan fingerprint density at radius 2 is 1.84 bits per heavy atom. The van der Waals surface area contributed by atoms with Crippen LogP contribution < -0.4 is 29.8 Å². The van der Waals surface area contributed by atoms with Gasteiger partial charge in [0.2, 0.25) is 0 Å². The number of nitrogens with zero attached hydrogens (tertiary/aromatic N) is 4. The Labute approximate surface area is 256 Å². The van der Waals surface area contributed by atoms with Crippen LogP contribution in [0.5, 0.6) is 5.75 Å². The molecule has 0 radical (unpaired) electrons. The van der Waals surface area contributed by atoms with Gasteiger partial charge in [0.25, 0.3) is 17.2 Å². The molecule has 0 aliphatic carbocycles. The third kappa shape index (κ3) is 5.64. The van der Waals surface area contributed by atoms with Crippen molar-refractivity contribution in [1.29, 1.82) is 0 Å². The SMILES string of the molecule is COc1ccc([C@@H]2C(C(=O)Nc3ccccc3)=C(C)N=c3s/c(=C\c4ccc(N5CCOCC5)c([N+](=O)[O-])c4)c(=O)n32)cc1. The first-order chi connectivity index (χ1) is 21.3. The van der Waals surface area contributed by atoms with Crippen molar-refractivity contribution >= 4 is 40.4 Å². The van der Waals surface area contributed by atoms with E-state index in [4.69, 9.17) is 9.47 Å². The number of allylic oxidation sites excluding steroid dienone is 1. The molecule has 1 amide bonds. The molecule has 1 saturated heterocycles. The van der Waals surface area contributed by atoms with Crippen molar-refractivity contribution < 1.29 is 19.2 Å². The first-order valence-corrected chi connectivity index (χ1v) is 14.8. The highest BCUT2D eigenvalue weighted by Gasteiger charge is 2.32. The number of methoxy groups -OCH3 is 1. The van der Waals surface area contributed by atoms with Crippen molar-refractivity contribution in [2.75, 3.05) is 43.6 Å². The Morgan fingerprint density at radius 3 is 2.52 bits per heavy atom. The molecule has 6 rings (SSSR count). The van der Waals surface area contributed by atoms with Crippen molar-refractivity contribution in [3.63, 3.8) is 0 Å². The van der Waals surface area contributed by atoms with E-state index in [1.54, 1.807) is 56.5 Å². The summed E-state index contributed by atoms with van der Waals surface area (Å²) in [6.07, 6.45) is 1.63. The maximum Gasteiger partial charge on any atom is 0.293 e. The molecule has 11 nitrogen and oxygen atoms in total. The quantitative estimate of drug-likeness (QED) is 0.250. The van der Waals surface area contributed by atoms with Crippen LogP contribution in [0.15, 0.2) is 93.9 Å². The van der Waals surface area contributed by atoms with E-state index in [-0.39, 0.29) is 17.2 Å². The highest BCUT2D eigenvalue weighted by Crippen LogP contribution is 2.32. The van der Waals surface area contributed by atoms with Crippen LogP contribution in [0.3, 0.4) is 0 Å². The van der Waals surface area contributed by atoms with Gasteiger partial charge in [-0.05, 0) is 54.5 Å². The second-order valence-electron chi connectivity index (χ2n) is 10.3. The number of fused-ring (bicyclic) bond motifs is 1.